The van der Waals surface area contributed by atoms with Gasteiger partial charge in [-0.3, -0.25) is 9.69 Å². The third kappa shape index (κ3) is 5.63. The van der Waals surface area contributed by atoms with Gasteiger partial charge in [-0.25, -0.2) is 0 Å². The monoisotopic (exact) mass is 381 g/mol. The van der Waals surface area contributed by atoms with Gasteiger partial charge in [-0.2, -0.15) is 0 Å². The van der Waals surface area contributed by atoms with Gasteiger partial charge in [0.25, 0.3) is 5.91 Å². The number of nitrogens with zero attached hydrogens (tertiary/aromatic N) is 1. The van der Waals surface area contributed by atoms with Gasteiger partial charge in [-0.15, -0.1) is 12.4 Å². The van der Waals surface area contributed by atoms with E-state index in [1.807, 2.05) is 24.3 Å². The molecule has 0 fully saturated rings. The van der Waals surface area contributed by atoms with Gasteiger partial charge < -0.3 is 11.1 Å². The molecular weight excluding hydrogens is 357 g/mol. The summed E-state index contributed by atoms with van der Waals surface area (Å²) in [5, 5.41) is 3.73. The summed E-state index contributed by atoms with van der Waals surface area (Å²) in [6.45, 7) is 6.47. The van der Waals surface area contributed by atoms with Crippen molar-refractivity contribution in [3.8, 4) is 0 Å². The Labute approximate surface area is 160 Å². The van der Waals surface area contributed by atoms with Crippen molar-refractivity contribution in [3.05, 3.63) is 64.7 Å². The van der Waals surface area contributed by atoms with E-state index < -0.39 is 0 Å². The minimum absolute atomic E-state index is 0. The number of anilines is 1. The van der Waals surface area contributed by atoms with E-state index in [4.69, 9.17) is 17.3 Å². The minimum Gasteiger partial charge on any atom is -0.399 e. The topological polar surface area (TPSA) is 58.4 Å². The first-order chi connectivity index (χ1) is 11.6. The van der Waals surface area contributed by atoms with Gasteiger partial charge >= 0.3 is 0 Å². The highest BCUT2D eigenvalue weighted by Gasteiger charge is 2.21. The number of nitrogens with one attached hydrogen (secondary N) is 1. The first kappa shape index (κ1) is 21.3. The van der Waals surface area contributed by atoms with Crippen LogP contribution >= 0.6 is 24.0 Å². The maximum atomic E-state index is 12.4. The SMILES string of the molecule is CCN(CC)C(CNC(=O)c1ccc(N)cc1)c1ccccc1Cl.Cl. The molecule has 1 amide bonds. The molecule has 0 aliphatic rings. The molecule has 0 aliphatic carbocycles. The molecule has 4 nitrogen and oxygen atoms in total. The molecule has 2 rings (SSSR count). The average Bonchev–Trinajstić information content (AvgIpc) is 2.60. The number of likely N-dealkylation sites (N-methyl/N-ethyl adjacent to an activating group) is 1. The van der Waals surface area contributed by atoms with Crippen LogP contribution in [0.25, 0.3) is 0 Å². The molecular formula is C19H25Cl2N3O. The van der Waals surface area contributed by atoms with Crippen molar-refractivity contribution in [3.63, 3.8) is 0 Å². The first-order valence-corrected chi connectivity index (χ1v) is 8.56. The first-order valence-electron chi connectivity index (χ1n) is 8.19. The maximum Gasteiger partial charge on any atom is 0.251 e. The van der Waals surface area contributed by atoms with E-state index in [1.165, 1.54) is 0 Å². The van der Waals surface area contributed by atoms with Gasteiger partial charge in [0.1, 0.15) is 0 Å². The number of rotatable bonds is 7. The normalized spacial score (nSPS) is 11.7. The van der Waals surface area contributed by atoms with Gasteiger partial charge in [0, 0.05) is 22.8 Å². The Bertz CT molecular complexity index is 673. The number of nitrogens with two attached hydrogens (primary N) is 1. The summed E-state index contributed by atoms with van der Waals surface area (Å²) in [6, 6.07) is 14.7. The van der Waals surface area contributed by atoms with Crippen molar-refractivity contribution >= 4 is 35.6 Å². The van der Waals surface area contributed by atoms with Gasteiger partial charge in [0.05, 0.1) is 6.04 Å². The summed E-state index contributed by atoms with van der Waals surface area (Å²) < 4.78 is 0. The molecule has 25 heavy (non-hydrogen) atoms. The molecule has 0 radical (unpaired) electrons. The predicted octanol–water partition coefficient (Wildman–Crippen LogP) is 4.16. The van der Waals surface area contributed by atoms with Gasteiger partial charge in [0.2, 0.25) is 0 Å². The number of halogens is 2. The number of amides is 1. The Balaban J connectivity index is 0.00000312. The second-order valence-corrected chi connectivity index (χ2v) is 6.00. The zero-order valence-corrected chi connectivity index (χ0v) is 16.1. The number of hydrogen-bond acceptors (Lipinski definition) is 3. The van der Waals surface area contributed by atoms with E-state index in [1.54, 1.807) is 24.3 Å². The maximum absolute atomic E-state index is 12.4. The van der Waals surface area contributed by atoms with Crippen molar-refractivity contribution in [2.75, 3.05) is 25.4 Å². The molecule has 0 bridgehead atoms. The number of benzene rings is 2. The molecule has 0 aromatic heterocycles. The van der Waals surface area contributed by atoms with Crippen molar-refractivity contribution in [2.24, 2.45) is 0 Å². The molecule has 3 N–H and O–H groups in total. The number of carbonyl (C=O) groups excluding carboxylic acids is 1. The highest BCUT2D eigenvalue weighted by atomic mass is 35.5. The van der Waals surface area contributed by atoms with E-state index in [0.29, 0.717) is 17.8 Å². The summed E-state index contributed by atoms with van der Waals surface area (Å²) in [5.74, 6) is -0.112. The number of nitrogen functional groups attached to an aromatic ring is 1. The zero-order chi connectivity index (χ0) is 17.5. The van der Waals surface area contributed by atoms with E-state index in [2.05, 4.69) is 24.1 Å². The summed E-state index contributed by atoms with van der Waals surface area (Å²) in [5.41, 5.74) is 7.93. The van der Waals surface area contributed by atoms with Crippen LogP contribution in [0.15, 0.2) is 48.5 Å². The van der Waals surface area contributed by atoms with Crippen LogP contribution in [0.4, 0.5) is 5.69 Å². The predicted molar refractivity (Wildman–Crippen MR) is 108 cm³/mol. The third-order valence-corrected chi connectivity index (χ3v) is 4.49. The summed E-state index contributed by atoms with van der Waals surface area (Å²) in [4.78, 5) is 14.7. The highest BCUT2D eigenvalue weighted by Crippen LogP contribution is 2.27. The van der Waals surface area contributed by atoms with Crippen LogP contribution in [0, 0.1) is 0 Å². The van der Waals surface area contributed by atoms with Gasteiger partial charge in [-0.05, 0) is 49.0 Å². The van der Waals surface area contributed by atoms with Crippen LogP contribution in [0.2, 0.25) is 5.02 Å². The van der Waals surface area contributed by atoms with E-state index in [9.17, 15) is 4.79 Å². The fraction of sp³-hybridized carbons (Fsp3) is 0.316. The largest absolute Gasteiger partial charge is 0.399 e. The van der Waals surface area contributed by atoms with E-state index in [0.717, 1.165) is 23.7 Å². The lowest BCUT2D eigenvalue weighted by atomic mass is 10.0. The lowest BCUT2D eigenvalue weighted by Crippen LogP contribution is -2.38. The molecule has 6 heteroatoms. The lowest BCUT2D eigenvalue weighted by molar-refractivity contribution is 0.0935. The number of carbonyl (C=O) groups is 1. The van der Waals surface area contributed by atoms with Crippen LogP contribution in [0.3, 0.4) is 0 Å². The standard InChI is InChI=1S/C19H24ClN3O.ClH/c1-3-23(4-2)18(16-7-5-6-8-17(16)20)13-22-19(24)14-9-11-15(21)12-10-14;/h5-12,18H,3-4,13,21H2,1-2H3,(H,22,24);1H. The molecule has 0 heterocycles. The second kappa shape index (κ2) is 10.3. The highest BCUT2D eigenvalue weighted by molar-refractivity contribution is 6.31. The summed E-state index contributed by atoms with van der Waals surface area (Å²) >= 11 is 6.37. The third-order valence-electron chi connectivity index (χ3n) is 4.15. The molecule has 2 aromatic rings. The zero-order valence-electron chi connectivity index (χ0n) is 14.5. The Hall–Kier alpha value is -1.75. The summed E-state index contributed by atoms with van der Waals surface area (Å²) in [7, 11) is 0. The Kier molecular flexibility index (Phi) is 8.76. The second-order valence-electron chi connectivity index (χ2n) is 5.59. The Morgan fingerprint density at radius 1 is 1.12 bits per heavy atom. The average molecular weight is 382 g/mol. The van der Waals surface area contributed by atoms with Gasteiger partial charge in [0.15, 0.2) is 0 Å². The molecule has 136 valence electrons. The van der Waals surface area contributed by atoms with E-state index in [-0.39, 0.29) is 24.4 Å². The fourth-order valence-electron chi connectivity index (χ4n) is 2.77. The Morgan fingerprint density at radius 2 is 1.72 bits per heavy atom. The van der Waals surface area contributed by atoms with Crippen molar-refractivity contribution in [2.45, 2.75) is 19.9 Å². The molecule has 0 spiro atoms. The molecule has 0 saturated carbocycles. The van der Waals surface area contributed by atoms with Gasteiger partial charge in [-0.1, -0.05) is 43.6 Å². The number of hydrogen-bond donors (Lipinski definition) is 2. The van der Waals surface area contributed by atoms with Crippen molar-refractivity contribution in [1.29, 1.82) is 0 Å². The lowest BCUT2D eigenvalue weighted by Gasteiger charge is -2.31. The minimum atomic E-state index is -0.112. The van der Waals surface area contributed by atoms with Crippen molar-refractivity contribution in [1.82, 2.24) is 10.2 Å². The fourth-order valence-corrected chi connectivity index (χ4v) is 3.03. The molecule has 1 unspecified atom stereocenters. The molecule has 1 atom stereocenters. The molecule has 0 aliphatic heterocycles. The van der Waals surface area contributed by atoms with Crippen LogP contribution in [-0.2, 0) is 0 Å². The summed E-state index contributed by atoms with van der Waals surface area (Å²) in [6.07, 6.45) is 0. The van der Waals surface area contributed by atoms with Crippen LogP contribution in [0.1, 0.15) is 35.8 Å². The smallest absolute Gasteiger partial charge is 0.251 e. The van der Waals surface area contributed by atoms with Crippen LogP contribution in [-0.4, -0.2) is 30.4 Å². The molecule has 2 aromatic carbocycles. The Morgan fingerprint density at radius 3 is 2.28 bits per heavy atom. The van der Waals surface area contributed by atoms with Crippen LogP contribution < -0.4 is 11.1 Å². The van der Waals surface area contributed by atoms with Crippen LogP contribution in [0.5, 0.6) is 0 Å². The molecule has 0 saturated heterocycles. The van der Waals surface area contributed by atoms with Crippen molar-refractivity contribution < 1.29 is 4.79 Å². The van der Waals surface area contributed by atoms with E-state index >= 15 is 0 Å². The quantitative estimate of drug-likeness (QED) is 0.707.